The van der Waals surface area contributed by atoms with Gasteiger partial charge in [-0.2, -0.15) is 0 Å². The van der Waals surface area contributed by atoms with E-state index >= 15 is 0 Å². The fourth-order valence-electron chi connectivity index (χ4n) is 2.05. The summed E-state index contributed by atoms with van der Waals surface area (Å²) in [6.07, 6.45) is 1.52. The zero-order valence-corrected chi connectivity index (χ0v) is 10.2. The number of benzene rings is 1. The van der Waals surface area contributed by atoms with E-state index < -0.39 is 0 Å². The van der Waals surface area contributed by atoms with Crippen LogP contribution in [0.1, 0.15) is 5.82 Å². The van der Waals surface area contributed by atoms with Crippen molar-refractivity contribution in [3.05, 3.63) is 58.8 Å². The van der Waals surface area contributed by atoms with E-state index in [9.17, 15) is 9.90 Å². The number of aromatic hydroxyl groups is 1. The zero-order valence-electron chi connectivity index (χ0n) is 10.2. The summed E-state index contributed by atoms with van der Waals surface area (Å²) < 4.78 is 1.32. The normalized spacial score (nSPS) is 10.8. The van der Waals surface area contributed by atoms with Gasteiger partial charge in [0.25, 0.3) is 5.56 Å². The summed E-state index contributed by atoms with van der Waals surface area (Å²) in [5.41, 5.74) is 0.397. The van der Waals surface area contributed by atoms with Gasteiger partial charge < -0.3 is 5.11 Å². The predicted molar refractivity (Wildman–Crippen MR) is 71.5 cm³/mol. The molecule has 0 fully saturated rings. The van der Waals surface area contributed by atoms with Gasteiger partial charge in [-0.15, -0.1) is 0 Å². The minimum absolute atomic E-state index is 0.0511. The molecule has 0 radical (unpaired) electrons. The monoisotopic (exact) mass is 253 g/mol. The topological polar surface area (TPSA) is 68.0 Å². The van der Waals surface area contributed by atoms with Gasteiger partial charge in [0.15, 0.2) is 11.6 Å². The molecule has 0 bridgehead atoms. The van der Waals surface area contributed by atoms with E-state index in [2.05, 4.69) is 9.97 Å². The van der Waals surface area contributed by atoms with Crippen molar-refractivity contribution < 1.29 is 5.11 Å². The number of aryl methyl sites for hydroxylation is 1. The number of para-hydroxylation sites is 1. The molecule has 19 heavy (non-hydrogen) atoms. The lowest BCUT2D eigenvalue weighted by Gasteiger charge is -2.10. The molecular formula is C14H11N3O2. The van der Waals surface area contributed by atoms with E-state index in [0.29, 0.717) is 16.7 Å². The van der Waals surface area contributed by atoms with Crippen LogP contribution in [0.5, 0.6) is 5.75 Å². The summed E-state index contributed by atoms with van der Waals surface area (Å²) >= 11 is 0. The minimum Gasteiger partial charge on any atom is -0.504 e. The summed E-state index contributed by atoms with van der Waals surface area (Å²) in [6.45, 7) is 1.71. The molecule has 0 spiro atoms. The van der Waals surface area contributed by atoms with Gasteiger partial charge in [-0.05, 0) is 31.2 Å². The molecule has 2 heterocycles. The van der Waals surface area contributed by atoms with Crippen molar-refractivity contribution in [1.29, 1.82) is 0 Å². The summed E-state index contributed by atoms with van der Waals surface area (Å²) in [6, 6.07) is 10.2. The summed E-state index contributed by atoms with van der Waals surface area (Å²) in [7, 11) is 0. The number of hydrogen-bond acceptors (Lipinski definition) is 4. The van der Waals surface area contributed by atoms with Crippen LogP contribution in [-0.2, 0) is 0 Å². The molecule has 3 aromatic rings. The van der Waals surface area contributed by atoms with Crippen LogP contribution in [0, 0.1) is 6.92 Å². The molecule has 2 aromatic heterocycles. The Morgan fingerprint density at radius 2 is 1.95 bits per heavy atom. The number of hydrogen-bond donors (Lipinski definition) is 1. The molecule has 0 aliphatic carbocycles. The SMILES string of the molecule is Cc1nc2ccccc2c(=O)n1-c1ncccc1O. The highest BCUT2D eigenvalue weighted by Crippen LogP contribution is 2.18. The standard InChI is InChI=1S/C14H11N3O2/c1-9-16-11-6-3-2-5-10(11)14(19)17(9)13-12(18)7-4-8-15-13/h2-8,18H,1H3. The molecule has 0 unspecified atom stereocenters. The van der Waals surface area contributed by atoms with Crippen LogP contribution in [0.3, 0.4) is 0 Å². The van der Waals surface area contributed by atoms with E-state index in [1.807, 2.05) is 6.07 Å². The van der Waals surface area contributed by atoms with Crippen LogP contribution < -0.4 is 5.56 Å². The van der Waals surface area contributed by atoms with Crippen LogP contribution in [0.25, 0.3) is 16.7 Å². The van der Waals surface area contributed by atoms with E-state index in [-0.39, 0.29) is 17.1 Å². The van der Waals surface area contributed by atoms with Crippen LogP contribution >= 0.6 is 0 Å². The van der Waals surface area contributed by atoms with Crippen LogP contribution in [-0.4, -0.2) is 19.6 Å². The Morgan fingerprint density at radius 3 is 2.74 bits per heavy atom. The fraction of sp³-hybridized carbons (Fsp3) is 0.0714. The van der Waals surface area contributed by atoms with Crippen molar-refractivity contribution in [3.63, 3.8) is 0 Å². The average Bonchev–Trinajstić information content (AvgIpc) is 2.41. The van der Waals surface area contributed by atoms with Gasteiger partial charge in [0.05, 0.1) is 10.9 Å². The summed E-state index contributed by atoms with van der Waals surface area (Å²) in [4.78, 5) is 20.9. The van der Waals surface area contributed by atoms with Crippen molar-refractivity contribution in [2.45, 2.75) is 6.92 Å². The number of pyridine rings is 1. The highest BCUT2D eigenvalue weighted by molar-refractivity contribution is 5.77. The molecule has 0 aliphatic heterocycles. The van der Waals surface area contributed by atoms with Crippen molar-refractivity contribution in [2.75, 3.05) is 0 Å². The van der Waals surface area contributed by atoms with E-state index in [4.69, 9.17) is 0 Å². The van der Waals surface area contributed by atoms with Gasteiger partial charge >= 0.3 is 0 Å². The first kappa shape index (κ1) is 11.4. The zero-order chi connectivity index (χ0) is 13.4. The Kier molecular flexibility index (Phi) is 2.52. The molecule has 5 nitrogen and oxygen atoms in total. The highest BCUT2D eigenvalue weighted by Gasteiger charge is 2.13. The molecular weight excluding hydrogens is 242 g/mol. The third-order valence-electron chi connectivity index (χ3n) is 2.92. The molecule has 94 valence electrons. The van der Waals surface area contributed by atoms with Gasteiger partial charge in [-0.1, -0.05) is 12.1 Å². The first-order valence-electron chi connectivity index (χ1n) is 5.81. The number of aromatic nitrogens is 3. The first-order chi connectivity index (χ1) is 9.18. The fourth-order valence-corrected chi connectivity index (χ4v) is 2.05. The van der Waals surface area contributed by atoms with Gasteiger partial charge in [-0.3, -0.25) is 4.79 Å². The van der Waals surface area contributed by atoms with E-state index in [0.717, 1.165) is 0 Å². The van der Waals surface area contributed by atoms with Gasteiger partial charge in [0.1, 0.15) is 5.82 Å². The molecule has 0 saturated carbocycles. The quantitative estimate of drug-likeness (QED) is 0.718. The lowest BCUT2D eigenvalue weighted by atomic mass is 10.2. The maximum atomic E-state index is 12.5. The Bertz CT molecular complexity index is 824. The van der Waals surface area contributed by atoms with E-state index in [1.165, 1.54) is 16.8 Å². The second-order valence-electron chi connectivity index (χ2n) is 4.16. The third-order valence-corrected chi connectivity index (χ3v) is 2.92. The Morgan fingerprint density at radius 1 is 1.16 bits per heavy atom. The minimum atomic E-state index is -0.239. The molecule has 1 N–H and O–H groups in total. The van der Waals surface area contributed by atoms with Gasteiger partial charge in [0.2, 0.25) is 0 Å². The number of fused-ring (bicyclic) bond motifs is 1. The first-order valence-corrected chi connectivity index (χ1v) is 5.81. The molecule has 0 aliphatic rings. The van der Waals surface area contributed by atoms with Crippen LogP contribution in [0.4, 0.5) is 0 Å². The maximum Gasteiger partial charge on any atom is 0.267 e. The maximum absolute atomic E-state index is 12.5. The average molecular weight is 253 g/mol. The lowest BCUT2D eigenvalue weighted by molar-refractivity contribution is 0.467. The molecule has 1 aromatic carbocycles. The summed E-state index contributed by atoms with van der Waals surface area (Å²) in [5.74, 6) is 0.630. The molecule has 0 atom stereocenters. The largest absolute Gasteiger partial charge is 0.504 e. The number of rotatable bonds is 1. The van der Waals surface area contributed by atoms with E-state index in [1.54, 1.807) is 31.2 Å². The summed E-state index contributed by atoms with van der Waals surface area (Å²) in [5, 5.41) is 10.3. The number of nitrogens with zero attached hydrogens (tertiary/aromatic N) is 3. The lowest BCUT2D eigenvalue weighted by Crippen LogP contribution is -2.23. The van der Waals surface area contributed by atoms with Gasteiger partial charge in [0, 0.05) is 6.20 Å². The highest BCUT2D eigenvalue weighted by atomic mass is 16.3. The van der Waals surface area contributed by atoms with Gasteiger partial charge in [-0.25, -0.2) is 14.5 Å². The Hall–Kier alpha value is -2.69. The van der Waals surface area contributed by atoms with Crippen molar-refractivity contribution in [2.24, 2.45) is 0 Å². The third kappa shape index (κ3) is 1.76. The van der Waals surface area contributed by atoms with Crippen molar-refractivity contribution >= 4 is 10.9 Å². The van der Waals surface area contributed by atoms with Crippen LogP contribution in [0.15, 0.2) is 47.4 Å². The Labute approximate surface area is 108 Å². The van der Waals surface area contributed by atoms with Crippen molar-refractivity contribution in [1.82, 2.24) is 14.5 Å². The second kappa shape index (κ2) is 4.20. The molecule has 5 heteroatoms. The second-order valence-corrected chi connectivity index (χ2v) is 4.16. The van der Waals surface area contributed by atoms with Crippen LogP contribution in [0.2, 0.25) is 0 Å². The molecule has 0 saturated heterocycles. The smallest absolute Gasteiger partial charge is 0.267 e. The predicted octanol–water partition coefficient (Wildman–Crippen LogP) is 1.79. The Balaban J connectivity index is 2.43. The molecule has 3 rings (SSSR count). The molecule has 0 amide bonds. The van der Waals surface area contributed by atoms with Crippen molar-refractivity contribution in [3.8, 4) is 11.6 Å².